The highest BCUT2D eigenvalue weighted by atomic mass is 16.5. The number of rotatable bonds is 9. The molecule has 0 aromatic heterocycles. The Labute approximate surface area is 475 Å². The zero-order valence-corrected chi connectivity index (χ0v) is 54.5. The second-order valence-corrected chi connectivity index (χ2v) is 31.6. The molecule has 3 nitrogen and oxygen atoms in total. The number of hydrogen-bond donors (Lipinski definition) is 2. The molecule has 75 heavy (non-hydrogen) atoms. The third-order valence-corrected chi connectivity index (χ3v) is 18.5. The van der Waals surface area contributed by atoms with Gasteiger partial charge in [0.05, 0.1) is 18.3 Å². The summed E-state index contributed by atoms with van der Waals surface area (Å²) in [6.45, 7) is 44.3. The fraction of sp³-hybridized carbons (Fsp3) is 1.00. The molecule has 4 unspecified atom stereocenters. The van der Waals surface area contributed by atoms with Crippen LogP contribution < -0.4 is 0 Å². The molecule has 8 rings (SSSR count). The van der Waals surface area contributed by atoms with Gasteiger partial charge in [-0.15, -0.1) is 0 Å². The minimum Gasteiger partial charge on any atom is -0.393 e. The molecule has 8 fully saturated rings. The van der Waals surface area contributed by atoms with Gasteiger partial charge in [0.2, 0.25) is 0 Å². The standard InChI is InChI=1S/C11H22O.C11H22.2C10H20.C8H16O.C8H16.C7H14O.C6H12.CH4/c1-11(2,3)10(12)9-7-5-4-6-8-9;1-11(2,3)9-10-7-5-4-6-8-10;1-10(2,3)8-9-6-4-5-7-9;1-9(2)8-10-6-4-3-5-7-10;1-6(2)7-4-3-5-8(7)9;1-7(2)8-5-3-4-6-8;1-6(2)7-4-3-5-8-7;1-5(2)6-3-4-6;/h9-10,12H,4-8H2,1-3H3;10H,4-9H2,1-3H3;9H,4-8H2,1-3H3;9-10H,3-8H2,1-2H3;6-9H,3-5H2,1-2H3;7-8H,3-6H2,1-2H3;6-7H,3-5H2,1-2H3;5-6H,3-4H2,1-2H3;1H4. The van der Waals surface area contributed by atoms with Gasteiger partial charge >= 0.3 is 0 Å². The SMILES string of the molecule is C.CC(C)(C)C(O)C1CCCCC1.CC(C)(C)CC1CCCC1.CC(C)(C)CC1CCCCC1.CC(C)C1CC1.CC(C)C1CCCC1.CC(C)C1CCCC1O.CC(C)C1CCCO1.CC(C)CC1CCCCC1. The van der Waals surface area contributed by atoms with Gasteiger partial charge in [0.15, 0.2) is 0 Å². The minimum absolute atomic E-state index is 0. The van der Waals surface area contributed by atoms with Crippen LogP contribution in [-0.2, 0) is 4.74 Å². The summed E-state index contributed by atoms with van der Waals surface area (Å²) in [6, 6.07) is 0. The van der Waals surface area contributed by atoms with Crippen LogP contribution in [0, 0.1) is 87.3 Å². The molecule has 3 heteroatoms. The summed E-state index contributed by atoms with van der Waals surface area (Å²) in [5, 5.41) is 19.4. The third-order valence-electron chi connectivity index (χ3n) is 18.5. The van der Waals surface area contributed by atoms with Crippen LogP contribution in [0.25, 0.3) is 0 Å². The van der Waals surface area contributed by atoms with Crippen molar-refractivity contribution >= 4 is 0 Å². The molecule has 452 valence electrons. The predicted octanol–water partition coefficient (Wildman–Crippen LogP) is 23.3. The average Bonchev–Trinajstić information content (AvgIpc) is 3.83. The maximum Gasteiger partial charge on any atom is 0.0616 e. The highest BCUT2D eigenvalue weighted by molar-refractivity contribution is 4.82. The van der Waals surface area contributed by atoms with Crippen LogP contribution in [0.1, 0.15) is 351 Å². The summed E-state index contributed by atoms with van der Waals surface area (Å²) in [5.74, 6) is 10.7. The van der Waals surface area contributed by atoms with Crippen LogP contribution in [-0.4, -0.2) is 35.1 Å². The van der Waals surface area contributed by atoms with Crippen LogP contribution >= 0.6 is 0 Å². The van der Waals surface area contributed by atoms with Gasteiger partial charge in [-0.1, -0.05) is 280 Å². The van der Waals surface area contributed by atoms with Crippen LogP contribution in [0.4, 0.5) is 0 Å². The summed E-state index contributed by atoms with van der Waals surface area (Å²) in [4.78, 5) is 0. The van der Waals surface area contributed by atoms with Gasteiger partial charge in [-0.25, -0.2) is 0 Å². The smallest absolute Gasteiger partial charge is 0.0616 e. The molecule has 0 aromatic rings. The van der Waals surface area contributed by atoms with Crippen molar-refractivity contribution in [2.75, 3.05) is 6.61 Å². The highest BCUT2D eigenvalue weighted by Crippen LogP contribution is 2.38. The third kappa shape index (κ3) is 39.8. The molecular weight excluding hydrogens is 913 g/mol. The molecule has 1 aliphatic heterocycles. The molecule has 0 aromatic carbocycles. The largest absolute Gasteiger partial charge is 0.393 e. The fourth-order valence-electron chi connectivity index (χ4n) is 13.8. The average molecular weight is 1060 g/mol. The first-order chi connectivity index (χ1) is 34.6. The van der Waals surface area contributed by atoms with Crippen LogP contribution in [0.15, 0.2) is 0 Å². The first kappa shape index (κ1) is 74.9. The number of ether oxygens (including phenoxy) is 1. The Bertz CT molecular complexity index is 1220. The van der Waals surface area contributed by atoms with Crippen molar-refractivity contribution < 1.29 is 14.9 Å². The van der Waals surface area contributed by atoms with E-state index in [0.717, 1.165) is 66.3 Å². The Morgan fingerprint density at radius 1 is 0.387 bits per heavy atom. The normalized spacial score (nSPS) is 24.6. The van der Waals surface area contributed by atoms with Crippen LogP contribution in [0.2, 0.25) is 0 Å². The van der Waals surface area contributed by atoms with Gasteiger partial charge in [-0.05, 0) is 158 Å². The van der Waals surface area contributed by atoms with Crippen LogP contribution in [0.3, 0.4) is 0 Å². The van der Waals surface area contributed by atoms with Gasteiger partial charge < -0.3 is 14.9 Å². The second-order valence-electron chi connectivity index (χ2n) is 31.6. The van der Waals surface area contributed by atoms with E-state index in [0.29, 0.717) is 34.7 Å². The van der Waals surface area contributed by atoms with E-state index in [1.54, 1.807) is 0 Å². The fourth-order valence-corrected chi connectivity index (χ4v) is 13.8. The van der Waals surface area contributed by atoms with Crippen LogP contribution in [0.5, 0.6) is 0 Å². The first-order valence-corrected chi connectivity index (χ1v) is 33.6. The maximum absolute atomic E-state index is 10.0. The van der Waals surface area contributed by atoms with E-state index < -0.39 is 0 Å². The molecule has 7 saturated carbocycles. The van der Waals surface area contributed by atoms with Gasteiger partial charge in [-0.2, -0.15) is 0 Å². The monoisotopic (exact) mass is 1060 g/mol. The predicted molar refractivity (Wildman–Crippen MR) is 338 cm³/mol. The number of hydrogen-bond acceptors (Lipinski definition) is 3. The van der Waals surface area contributed by atoms with Crippen molar-refractivity contribution in [1.82, 2.24) is 0 Å². The Kier molecular flexibility index (Phi) is 40.9. The molecule has 0 spiro atoms. The lowest BCUT2D eigenvalue weighted by atomic mass is 9.75. The summed E-state index contributed by atoms with van der Waals surface area (Å²) in [6.07, 6.45) is 47.2. The molecule has 4 atom stereocenters. The first-order valence-electron chi connectivity index (χ1n) is 33.6. The Morgan fingerprint density at radius 2 is 0.760 bits per heavy atom. The lowest BCUT2D eigenvalue weighted by molar-refractivity contribution is -0.00194. The maximum atomic E-state index is 10.0. The molecule has 0 bridgehead atoms. The highest BCUT2D eigenvalue weighted by Gasteiger charge is 2.31. The lowest BCUT2D eigenvalue weighted by Gasteiger charge is -2.35. The Balaban J connectivity index is 0.000000838. The summed E-state index contributed by atoms with van der Waals surface area (Å²) >= 11 is 0. The van der Waals surface area contributed by atoms with Crippen molar-refractivity contribution in [3.8, 4) is 0 Å². The van der Waals surface area contributed by atoms with Gasteiger partial charge in [-0.3, -0.25) is 0 Å². The van der Waals surface area contributed by atoms with E-state index in [2.05, 4.69) is 132 Å². The molecule has 1 saturated heterocycles. The quantitative estimate of drug-likeness (QED) is 0.242. The Morgan fingerprint density at radius 3 is 1.01 bits per heavy atom. The van der Waals surface area contributed by atoms with E-state index >= 15 is 0 Å². The van der Waals surface area contributed by atoms with Crippen molar-refractivity contribution in [2.45, 2.75) is 369 Å². The molecule has 0 amide bonds. The van der Waals surface area contributed by atoms with Gasteiger partial charge in [0.1, 0.15) is 0 Å². The van der Waals surface area contributed by atoms with E-state index in [4.69, 9.17) is 4.74 Å². The Hall–Kier alpha value is -0.120. The molecule has 1 heterocycles. The van der Waals surface area contributed by atoms with E-state index in [9.17, 15) is 10.2 Å². The summed E-state index contributed by atoms with van der Waals surface area (Å²) in [5.41, 5.74) is 1.19. The topological polar surface area (TPSA) is 49.7 Å². The molecule has 8 aliphatic rings. The van der Waals surface area contributed by atoms with E-state index in [-0.39, 0.29) is 25.0 Å². The molecule has 2 N–H and O–H groups in total. The molecular formula is C72H146O3. The van der Waals surface area contributed by atoms with E-state index in [1.807, 2.05) is 0 Å². The summed E-state index contributed by atoms with van der Waals surface area (Å²) < 4.78 is 5.41. The van der Waals surface area contributed by atoms with Gasteiger partial charge in [0.25, 0.3) is 0 Å². The van der Waals surface area contributed by atoms with Crippen molar-refractivity contribution in [1.29, 1.82) is 0 Å². The van der Waals surface area contributed by atoms with E-state index in [1.165, 1.54) is 205 Å². The lowest BCUT2D eigenvalue weighted by Crippen LogP contribution is -2.34. The number of aliphatic hydroxyl groups excluding tert-OH is 2. The van der Waals surface area contributed by atoms with Crippen molar-refractivity contribution in [3.05, 3.63) is 0 Å². The zero-order valence-electron chi connectivity index (χ0n) is 54.5. The molecule has 0 radical (unpaired) electrons. The number of aliphatic hydroxyl groups is 2. The summed E-state index contributed by atoms with van der Waals surface area (Å²) in [7, 11) is 0. The zero-order chi connectivity index (χ0) is 55.9. The van der Waals surface area contributed by atoms with Crippen molar-refractivity contribution in [3.63, 3.8) is 0 Å². The minimum atomic E-state index is -0.0993. The van der Waals surface area contributed by atoms with Crippen molar-refractivity contribution in [2.24, 2.45) is 87.3 Å². The second kappa shape index (κ2) is 41.0. The molecule has 7 aliphatic carbocycles. The van der Waals surface area contributed by atoms with Gasteiger partial charge in [0, 0.05) is 6.61 Å².